The zero-order valence-electron chi connectivity index (χ0n) is 11.9. The molecule has 2 rings (SSSR count). The van der Waals surface area contributed by atoms with E-state index in [1.165, 1.54) is 0 Å². The van der Waals surface area contributed by atoms with Gasteiger partial charge in [-0.15, -0.1) is 0 Å². The van der Waals surface area contributed by atoms with E-state index < -0.39 is 0 Å². The molecule has 0 aliphatic heterocycles. The first kappa shape index (κ1) is 13.3. The average Bonchev–Trinajstić information content (AvgIpc) is 2.71. The Bertz CT molecular complexity index is 618. The number of benzene rings is 1. The van der Waals surface area contributed by atoms with E-state index in [9.17, 15) is 0 Å². The molecule has 0 bridgehead atoms. The number of aromatic nitrogens is 2. The zero-order valence-corrected chi connectivity index (χ0v) is 11.9. The van der Waals surface area contributed by atoms with Gasteiger partial charge in [-0.25, -0.2) is 4.98 Å². The number of imidazole rings is 1. The van der Waals surface area contributed by atoms with Gasteiger partial charge >= 0.3 is 0 Å². The van der Waals surface area contributed by atoms with Crippen molar-refractivity contribution in [2.24, 2.45) is 0 Å². The fraction of sp³-hybridized carbons (Fsp3) is 0.357. The Morgan fingerprint density at radius 3 is 2.26 bits per heavy atom. The number of aryl methyl sites for hydroxylation is 1. The number of hydrogen-bond acceptors (Lipinski definition) is 4. The molecule has 2 aromatic rings. The summed E-state index contributed by atoms with van der Waals surface area (Å²) in [7, 11) is 3.31. The number of methoxy groups -OCH3 is 2. The Morgan fingerprint density at radius 2 is 1.79 bits per heavy atom. The summed E-state index contributed by atoms with van der Waals surface area (Å²) in [6.45, 7) is 5.94. The fourth-order valence-corrected chi connectivity index (χ4v) is 2.26. The van der Waals surface area contributed by atoms with Crippen LogP contribution in [-0.2, 0) is 0 Å². The maximum atomic E-state index is 5.71. The molecule has 1 aromatic heterocycles. The fourth-order valence-electron chi connectivity index (χ4n) is 2.26. The van der Waals surface area contributed by atoms with Gasteiger partial charge in [0.1, 0.15) is 11.5 Å². The molecule has 0 atom stereocenters. The number of aromatic amines is 1. The molecule has 3 N–H and O–H groups in total. The molecule has 0 radical (unpaired) electrons. The molecule has 0 saturated heterocycles. The number of nitrogen functional groups attached to an aromatic ring is 1. The highest BCUT2D eigenvalue weighted by Gasteiger charge is 2.18. The van der Waals surface area contributed by atoms with E-state index in [1.807, 2.05) is 26.8 Å². The Balaban J connectivity index is 2.75. The maximum Gasteiger partial charge on any atom is 0.198 e. The number of H-pyrrole nitrogens is 1. The number of nitrogens with two attached hydrogens (primary N) is 1. The maximum absolute atomic E-state index is 5.71. The zero-order chi connectivity index (χ0) is 14.2. The van der Waals surface area contributed by atoms with E-state index >= 15 is 0 Å². The summed E-state index contributed by atoms with van der Waals surface area (Å²) in [5.41, 5.74) is 10.4. The summed E-state index contributed by atoms with van der Waals surface area (Å²) in [5, 5.41) is 0. The molecular weight excluding hydrogens is 242 g/mol. The molecule has 0 unspecified atom stereocenters. The van der Waals surface area contributed by atoms with Gasteiger partial charge in [-0.3, -0.25) is 0 Å². The second-order valence-electron chi connectivity index (χ2n) is 4.51. The SMILES string of the molecule is COc1cc(-c2nc(N)[nH]c2C)c(OC)c(C)c1C. The lowest BCUT2D eigenvalue weighted by atomic mass is 10.00. The van der Waals surface area contributed by atoms with Gasteiger partial charge < -0.3 is 20.2 Å². The minimum atomic E-state index is 0.395. The molecule has 102 valence electrons. The van der Waals surface area contributed by atoms with Gasteiger partial charge in [0, 0.05) is 11.3 Å². The summed E-state index contributed by atoms with van der Waals surface area (Å²) in [5.74, 6) is 2.01. The Hall–Kier alpha value is -2.17. The minimum absolute atomic E-state index is 0.395. The lowest BCUT2D eigenvalue weighted by Crippen LogP contribution is -1.98. The van der Waals surface area contributed by atoms with Crippen LogP contribution in [0.25, 0.3) is 11.3 Å². The largest absolute Gasteiger partial charge is 0.496 e. The second kappa shape index (κ2) is 4.84. The van der Waals surface area contributed by atoms with E-state index in [-0.39, 0.29) is 0 Å². The molecule has 0 aliphatic carbocycles. The average molecular weight is 261 g/mol. The van der Waals surface area contributed by atoms with Gasteiger partial charge in [0.15, 0.2) is 5.95 Å². The van der Waals surface area contributed by atoms with Crippen LogP contribution in [0.1, 0.15) is 16.8 Å². The first-order valence-corrected chi connectivity index (χ1v) is 6.04. The number of rotatable bonds is 3. The van der Waals surface area contributed by atoms with E-state index in [2.05, 4.69) is 9.97 Å². The summed E-state index contributed by atoms with van der Waals surface area (Å²) < 4.78 is 10.9. The van der Waals surface area contributed by atoms with Crippen LogP contribution < -0.4 is 15.2 Å². The smallest absolute Gasteiger partial charge is 0.198 e. The second-order valence-corrected chi connectivity index (χ2v) is 4.51. The first-order valence-electron chi connectivity index (χ1n) is 6.04. The Kier molecular flexibility index (Phi) is 3.38. The van der Waals surface area contributed by atoms with Crippen LogP contribution in [0.4, 0.5) is 5.95 Å². The quantitative estimate of drug-likeness (QED) is 0.890. The van der Waals surface area contributed by atoms with Crippen LogP contribution in [0.5, 0.6) is 11.5 Å². The number of hydrogen-bond donors (Lipinski definition) is 2. The molecule has 5 heteroatoms. The minimum Gasteiger partial charge on any atom is -0.496 e. The van der Waals surface area contributed by atoms with Crippen molar-refractivity contribution >= 4 is 5.95 Å². The normalized spacial score (nSPS) is 10.6. The van der Waals surface area contributed by atoms with Crippen LogP contribution in [-0.4, -0.2) is 24.2 Å². The van der Waals surface area contributed by atoms with Crippen molar-refractivity contribution in [1.29, 1.82) is 0 Å². The van der Waals surface area contributed by atoms with Gasteiger partial charge in [0.05, 0.1) is 19.9 Å². The predicted molar refractivity (Wildman–Crippen MR) is 75.8 cm³/mol. The number of anilines is 1. The van der Waals surface area contributed by atoms with Gasteiger partial charge in [0.2, 0.25) is 0 Å². The topological polar surface area (TPSA) is 73.2 Å². The summed E-state index contributed by atoms with van der Waals surface area (Å²) in [6.07, 6.45) is 0. The molecule has 0 aliphatic rings. The first-order chi connectivity index (χ1) is 8.99. The summed E-state index contributed by atoms with van der Waals surface area (Å²) in [4.78, 5) is 7.32. The molecule has 0 fully saturated rings. The van der Waals surface area contributed by atoms with Crippen molar-refractivity contribution in [2.45, 2.75) is 20.8 Å². The molecule has 1 aromatic carbocycles. The third-order valence-corrected chi connectivity index (χ3v) is 3.37. The Labute approximate surface area is 112 Å². The van der Waals surface area contributed by atoms with Gasteiger partial charge in [0.25, 0.3) is 0 Å². The van der Waals surface area contributed by atoms with Gasteiger partial charge in [-0.05, 0) is 38.0 Å². The van der Waals surface area contributed by atoms with Crippen molar-refractivity contribution in [3.8, 4) is 22.8 Å². The molecule has 0 amide bonds. The van der Waals surface area contributed by atoms with Crippen LogP contribution in [0.15, 0.2) is 6.07 Å². The number of nitrogens with zero attached hydrogens (tertiary/aromatic N) is 1. The van der Waals surface area contributed by atoms with Gasteiger partial charge in [-0.1, -0.05) is 0 Å². The van der Waals surface area contributed by atoms with Crippen molar-refractivity contribution in [3.63, 3.8) is 0 Å². The molecular formula is C14H19N3O2. The van der Waals surface area contributed by atoms with E-state index in [4.69, 9.17) is 15.2 Å². The molecule has 0 saturated carbocycles. The number of nitrogens with one attached hydrogen (secondary N) is 1. The van der Waals surface area contributed by atoms with Crippen molar-refractivity contribution in [3.05, 3.63) is 22.9 Å². The highest BCUT2D eigenvalue weighted by molar-refractivity contribution is 5.75. The third kappa shape index (κ3) is 2.12. The van der Waals surface area contributed by atoms with Crippen LogP contribution in [0.2, 0.25) is 0 Å². The summed E-state index contributed by atoms with van der Waals surface area (Å²) in [6, 6.07) is 1.93. The highest BCUT2D eigenvalue weighted by Crippen LogP contribution is 2.39. The van der Waals surface area contributed by atoms with Gasteiger partial charge in [-0.2, -0.15) is 0 Å². The Morgan fingerprint density at radius 1 is 1.11 bits per heavy atom. The summed E-state index contributed by atoms with van der Waals surface area (Å²) >= 11 is 0. The van der Waals surface area contributed by atoms with E-state index in [1.54, 1.807) is 14.2 Å². The van der Waals surface area contributed by atoms with Crippen molar-refractivity contribution in [1.82, 2.24) is 9.97 Å². The monoisotopic (exact) mass is 261 g/mol. The predicted octanol–water partition coefficient (Wildman–Crippen LogP) is 2.60. The third-order valence-electron chi connectivity index (χ3n) is 3.37. The van der Waals surface area contributed by atoms with Crippen LogP contribution in [0.3, 0.4) is 0 Å². The van der Waals surface area contributed by atoms with Crippen LogP contribution in [0, 0.1) is 20.8 Å². The lowest BCUT2D eigenvalue weighted by molar-refractivity contribution is 0.399. The van der Waals surface area contributed by atoms with Crippen LogP contribution >= 0.6 is 0 Å². The molecule has 19 heavy (non-hydrogen) atoms. The highest BCUT2D eigenvalue weighted by atomic mass is 16.5. The number of ether oxygens (including phenoxy) is 2. The van der Waals surface area contributed by atoms with E-state index in [0.717, 1.165) is 39.6 Å². The molecule has 1 heterocycles. The standard InChI is InChI=1S/C14H19N3O2/c1-7-8(2)13(19-5)10(6-11(7)18-4)12-9(3)16-14(15)17-12/h6H,1-5H3,(H3,15,16,17). The molecule has 5 nitrogen and oxygen atoms in total. The van der Waals surface area contributed by atoms with Crippen molar-refractivity contribution in [2.75, 3.05) is 20.0 Å². The van der Waals surface area contributed by atoms with E-state index in [0.29, 0.717) is 5.95 Å². The lowest BCUT2D eigenvalue weighted by Gasteiger charge is -2.16. The molecule has 0 spiro atoms. The van der Waals surface area contributed by atoms with Crippen molar-refractivity contribution < 1.29 is 9.47 Å².